The van der Waals surface area contributed by atoms with E-state index >= 15 is 0 Å². The van der Waals surface area contributed by atoms with E-state index in [2.05, 4.69) is 121 Å². The number of fused-ring (bicyclic) bond motifs is 6. The molecule has 56 heavy (non-hydrogen) atoms. The number of allylic oxidation sites excluding steroid dienone is 2. The van der Waals surface area contributed by atoms with Crippen molar-refractivity contribution >= 4 is 57.5 Å². The van der Waals surface area contributed by atoms with Gasteiger partial charge in [-0.2, -0.15) is 13.8 Å². The summed E-state index contributed by atoms with van der Waals surface area (Å²) in [5.74, 6) is 2.35. The first-order chi connectivity index (χ1) is 26.6. The van der Waals surface area contributed by atoms with Crippen molar-refractivity contribution < 1.29 is 29.1 Å². The second-order valence-electron chi connectivity index (χ2n) is 13.8. The summed E-state index contributed by atoms with van der Waals surface area (Å²) in [5.41, 5.74) is 10.3. The summed E-state index contributed by atoms with van der Waals surface area (Å²) in [6.45, 7) is 22.4. The van der Waals surface area contributed by atoms with Crippen molar-refractivity contribution in [2.75, 3.05) is 26.2 Å². The molecule has 8 rings (SSSR count). The summed E-state index contributed by atoms with van der Waals surface area (Å²) in [6.07, 6.45) is 14.4. The van der Waals surface area contributed by atoms with Gasteiger partial charge in [0.1, 0.15) is 37.4 Å². The maximum atomic E-state index is 12.7. The fourth-order valence-electron chi connectivity index (χ4n) is 7.00. The third-order valence-electron chi connectivity index (χ3n) is 9.88. The van der Waals surface area contributed by atoms with E-state index in [1.165, 1.54) is 20.3 Å². The van der Waals surface area contributed by atoms with E-state index in [-0.39, 0.29) is 44.4 Å². The van der Waals surface area contributed by atoms with Crippen LogP contribution < -0.4 is 0 Å². The molecule has 0 aliphatic carbocycles. The van der Waals surface area contributed by atoms with Crippen molar-refractivity contribution in [3.8, 4) is 0 Å². The Hall–Kier alpha value is -4.03. The molecule has 0 saturated heterocycles. The van der Waals surface area contributed by atoms with Gasteiger partial charge in [0.05, 0.1) is 22.8 Å². The minimum absolute atomic E-state index is 0. The number of aliphatic imine (C=N–C) groups is 2. The minimum atomic E-state index is 0. The van der Waals surface area contributed by atoms with E-state index in [9.17, 15) is 9.59 Å². The van der Waals surface area contributed by atoms with Crippen LogP contribution in [0.25, 0.3) is 11.4 Å². The predicted octanol–water partition coefficient (Wildman–Crippen LogP) is 8.23. The number of carbonyl (C=O) groups excluding carboxylic acids is 2. The van der Waals surface area contributed by atoms with Gasteiger partial charge in [-0.15, -0.1) is 0 Å². The Bertz CT molecular complexity index is 2140. The standard InChI is InChI=1S/C21H24N4O.C19H19IN4O.2C2H5.Zn/c1-4-15-6-5-7-17-16(15)8-9-25-19(17)10-20(22-11-21(25)26)24-12-18(14(2)3)23-13-24;1-12(2)16-10-23(11-22-16)18-8-17-14-4-3-5-15(20)13(14)6-7-24(17)19(25)9-21-18;2*1-2;/h5-7,10,12-14H,4,8-9,11H2,1-3H3;3-5,8,10-12H,6-7,9H2,1-2H3;2*1H2,2H3;/q;;2*-1;+2. The average Bonchev–Trinajstić information content (AvgIpc) is 3.84. The van der Waals surface area contributed by atoms with Crippen molar-refractivity contribution in [1.82, 2.24) is 28.9 Å². The first kappa shape index (κ1) is 44.7. The second kappa shape index (κ2) is 20.4. The second-order valence-corrected chi connectivity index (χ2v) is 14.9. The zero-order valence-corrected chi connectivity index (χ0v) is 39.1. The van der Waals surface area contributed by atoms with E-state index in [1.807, 2.05) is 49.5 Å². The molecule has 0 radical (unpaired) electrons. The number of aromatic nitrogens is 4. The van der Waals surface area contributed by atoms with Gasteiger partial charge in [0, 0.05) is 52.3 Å². The van der Waals surface area contributed by atoms with Crippen LogP contribution in [0.15, 0.2) is 83.6 Å². The smallest absolute Gasteiger partial charge is 0.346 e. The maximum absolute atomic E-state index is 12.7. The molecule has 4 aliphatic heterocycles. The Balaban J connectivity index is 0.000000225. The fourth-order valence-corrected chi connectivity index (χ4v) is 7.77. The molecule has 10 nitrogen and oxygen atoms in total. The molecule has 0 bridgehead atoms. The normalized spacial score (nSPS) is 15.6. The van der Waals surface area contributed by atoms with Crippen LogP contribution in [-0.2, 0) is 48.3 Å². The summed E-state index contributed by atoms with van der Waals surface area (Å²) in [5, 5.41) is 0. The Morgan fingerprint density at radius 2 is 1.14 bits per heavy atom. The summed E-state index contributed by atoms with van der Waals surface area (Å²) < 4.78 is 5.09. The number of benzene rings is 2. The molecular weight excluding hydrogens is 865 g/mol. The number of rotatable bonds is 3. The van der Waals surface area contributed by atoms with Crippen molar-refractivity contribution in [3.63, 3.8) is 0 Å². The van der Waals surface area contributed by atoms with Gasteiger partial charge < -0.3 is 23.6 Å². The molecule has 0 fully saturated rings. The molecule has 6 heterocycles. The molecule has 2 aromatic heterocycles. The van der Waals surface area contributed by atoms with Crippen molar-refractivity contribution in [2.24, 2.45) is 9.98 Å². The van der Waals surface area contributed by atoms with Crippen molar-refractivity contribution in [3.05, 3.63) is 130 Å². The topological polar surface area (TPSA) is 101 Å². The van der Waals surface area contributed by atoms with Gasteiger partial charge >= 0.3 is 19.5 Å². The van der Waals surface area contributed by atoms with Crippen LogP contribution in [0.1, 0.15) is 99.5 Å². The van der Waals surface area contributed by atoms with Crippen LogP contribution in [0.2, 0.25) is 0 Å². The number of imidazole rings is 2. The van der Waals surface area contributed by atoms with Crippen LogP contribution in [-0.4, -0.2) is 78.6 Å². The quantitative estimate of drug-likeness (QED) is 0.118. The number of hydrogen-bond donors (Lipinski definition) is 0. The Kier molecular flexibility index (Phi) is 16.3. The Labute approximate surface area is 359 Å². The monoisotopic (exact) mass is 916 g/mol. The third kappa shape index (κ3) is 9.56. The first-order valence-electron chi connectivity index (χ1n) is 19.1. The number of halogens is 1. The number of amides is 2. The first-order valence-corrected chi connectivity index (χ1v) is 20.2. The van der Waals surface area contributed by atoms with Crippen molar-refractivity contribution in [1.29, 1.82) is 0 Å². The van der Waals surface area contributed by atoms with Gasteiger partial charge in [0.25, 0.3) is 0 Å². The molecule has 2 amide bonds. The van der Waals surface area contributed by atoms with Gasteiger partial charge in [0.15, 0.2) is 0 Å². The van der Waals surface area contributed by atoms with Gasteiger partial charge in [-0.05, 0) is 76.4 Å². The van der Waals surface area contributed by atoms with Gasteiger partial charge in [-0.3, -0.25) is 28.7 Å². The van der Waals surface area contributed by atoms with Crippen LogP contribution in [0.3, 0.4) is 0 Å². The van der Waals surface area contributed by atoms with E-state index < -0.39 is 0 Å². The molecule has 12 heteroatoms. The molecule has 0 unspecified atom stereocenters. The molecule has 0 N–H and O–H groups in total. The molecule has 290 valence electrons. The van der Waals surface area contributed by atoms with Crippen LogP contribution in [0, 0.1) is 17.4 Å². The van der Waals surface area contributed by atoms with Gasteiger partial charge in [0.2, 0.25) is 11.8 Å². The predicted molar refractivity (Wildman–Crippen MR) is 232 cm³/mol. The minimum Gasteiger partial charge on any atom is -0.346 e. The van der Waals surface area contributed by atoms with Crippen molar-refractivity contribution in [2.45, 2.75) is 79.6 Å². The van der Waals surface area contributed by atoms with E-state index in [4.69, 9.17) is 0 Å². The Morgan fingerprint density at radius 1 is 0.696 bits per heavy atom. The maximum Gasteiger partial charge on any atom is 2.00 e. The van der Waals surface area contributed by atoms with E-state index in [1.54, 1.807) is 26.5 Å². The Morgan fingerprint density at radius 3 is 1.59 bits per heavy atom. The molecule has 0 saturated carbocycles. The zero-order valence-electron chi connectivity index (χ0n) is 33.9. The molecule has 4 aliphatic rings. The third-order valence-corrected chi connectivity index (χ3v) is 10.9. The number of carbonyl (C=O) groups is 2. The molecule has 2 aromatic carbocycles. The van der Waals surface area contributed by atoms with E-state index in [0.29, 0.717) is 18.4 Å². The largest absolute Gasteiger partial charge is 2.00 e. The van der Waals surface area contributed by atoms with Crippen LogP contribution >= 0.6 is 22.6 Å². The molecule has 0 spiro atoms. The van der Waals surface area contributed by atoms with Crippen LogP contribution in [0.5, 0.6) is 0 Å². The average molecular weight is 918 g/mol. The summed E-state index contributed by atoms with van der Waals surface area (Å²) in [7, 11) is 0. The molecular formula is C44H53IN8O2Zn. The summed E-state index contributed by atoms with van der Waals surface area (Å²) in [4.78, 5) is 47.0. The summed E-state index contributed by atoms with van der Waals surface area (Å²) in [6, 6.07) is 12.7. The number of hydrogen-bond acceptors (Lipinski definition) is 6. The zero-order chi connectivity index (χ0) is 39.8. The fraction of sp³-hybridized carbons (Fsp3) is 0.364. The molecule has 0 atom stereocenters. The van der Waals surface area contributed by atoms with E-state index in [0.717, 1.165) is 71.4 Å². The molecule has 4 aromatic rings. The summed E-state index contributed by atoms with van der Waals surface area (Å²) >= 11 is 2.37. The number of aryl methyl sites for hydroxylation is 1. The number of nitrogens with zero attached hydrogens (tertiary/aromatic N) is 8. The SMILES string of the molecule is CC(C)c1cn(C2=NCC(=O)N3CCc4c(I)cccc4C3=C2)cn1.CCc1cccc2c1CCN1C(=O)CN=C(n3cnc(C(C)C)c3)C=C21.[CH2-]C.[CH2-]C.[Zn+2]. The van der Waals surface area contributed by atoms with Gasteiger partial charge in [-0.25, -0.2) is 9.97 Å². The van der Waals surface area contributed by atoms with Gasteiger partial charge in [-0.1, -0.05) is 65.0 Å². The van der Waals surface area contributed by atoms with Crippen LogP contribution in [0.4, 0.5) is 0 Å².